The molecule has 0 aromatic heterocycles. The van der Waals surface area contributed by atoms with Crippen LogP contribution in [0.2, 0.25) is 0 Å². The van der Waals surface area contributed by atoms with Crippen LogP contribution >= 0.6 is 8.25 Å². The largest absolute Gasteiger partial charge is 0.446 e. The molecular weight excluding hydrogens is 537 g/mol. The van der Waals surface area contributed by atoms with Gasteiger partial charge in [0.1, 0.15) is 6.10 Å². The van der Waals surface area contributed by atoms with E-state index in [1.54, 1.807) is 0 Å². The highest BCUT2D eigenvalue weighted by molar-refractivity contribution is 7.32. The molecule has 0 heterocycles. The average molecular weight is 596 g/mol. The van der Waals surface area contributed by atoms with Crippen molar-refractivity contribution >= 4 is 14.3 Å². The minimum Gasteiger partial charge on any atom is -0.446 e. The molecule has 236 valence electrons. The van der Waals surface area contributed by atoms with Crippen molar-refractivity contribution < 1.29 is 28.6 Å². The fourth-order valence-electron chi connectivity index (χ4n) is 9.71. The molecule has 4 rings (SSSR count). The number of amides is 1. The predicted octanol–water partition coefficient (Wildman–Crippen LogP) is 7.66. The van der Waals surface area contributed by atoms with Gasteiger partial charge in [0, 0.05) is 13.0 Å². The Hall–Kier alpha value is -0.880. The molecule has 7 nitrogen and oxygen atoms in total. The molecule has 4 aliphatic carbocycles. The van der Waals surface area contributed by atoms with Crippen molar-refractivity contribution in [3.63, 3.8) is 0 Å². The summed E-state index contributed by atoms with van der Waals surface area (Å²) in [6.45, 7) is 12.7. The summed E-state index contributed by atoms with van der Waals surface area (Å²) in [5.41, 5.74) is 2.24. The number of carbonyl (C=O) groups is 1. The summed E-state index contributed by atoms with van der Waals surface area (Å²) in [7, 11) is -2.97. The molecule has 8 heteroatoms. The third-order valence-electron chi connectivity index (χ3n) is 12.0. The Morgan fingerprint density at radius 3 is 2.59 bits per heavy atom. The number of carbonyl (C=O) groups excluding carboxylic acids is 1. The molecule has 41 heavy (non-hydrogen) atoms. The minimum atomic E-state index is -2.97. The number of aliphatic hydroxyl groups is 1. The van der Waals surface area contributed by atoms with Gasteiger partial charge in [-0.05, 0) is 104 Å². The van der Waals surface area contributed by atoms with Crippen LogP contribution in [0.25, 0.3) is 0 Å². The van der Waals surface area contributed by atoms with Gasteiger partial charge in [-0.3, -0.25) is 4.57 Å². The predicted molar refractivity (Wildman–Crippen MR) is 164 cm³/mol. The fourth-order valence-corrected chi connectivity index (χ4v) is 10.0. The summed E-state index contributed by atoms with van der Waals surface area (Å²) in [4.78, 5) is 21.2. The average Bonchev–Trinajstić information content (AvgIpc) is 3.25. The number of hydrogen-bond acceptors (Lipinski definition) is 5. The maximum absolute atomic E-state index is 12.5. The number of rotatable bonds is 13. The van der Waals surface area contributed by atoms with Crippen molar-refractivity contribution in [1.82, 2.24) is 5.32 Å². The number of allylic oxidation sites excluding steroid dienone is 1. The first-order valence-corrected chi connectivity index (χ1v) is 17.9. The minimum absolute atomic E-state index is 0.0237. The monoisotopic (exact) mass is 595 g/mol. The van der Waals surface area contributed by atoms with Crippen LogP contribution in [0.1, 0.15) is 118 Å². The maximum Gasteiger partial charge on any atom is 0.407 e. The van der Waals surface area contributed by atoms with E-state index >= 15 is 0 Å². The number of hydrogen-bond donors (Lipinski definition) is 3. The molecule has 0 aromatic carbocycles. The van der Waals surface area contributed by atoms with Gasteiger partial charge in [0.05, 0.1) is 12.7 Å². The molecule has 10 atom stereocenters. The summed E-state index contributed by atoms with van der Waals surface area (Å²) in [6.07, 6.45) is 15.6. The standard InChI is InChI=1S/C33H58NO6P/c1-22(2)7-6-8-23(3)28-11-12-29-27-10-9-24-21-26(13-17-32(24,4)30(27)14-18-33(28,29)5)40-31(36)34-19-15-25(35)16-20-39-41(37)38/h9,22-23,25-30,35,41H,6-8,10-21H2,1-5H3,(H,34,36)(H,37,38)/t23-,25?,26+,27+,28-,29+,30+,32+,33-/m1/s1. The number of nitrogens with one attached hydrogen (secondary N) is 1. The lowest BCUT2D eigenvalue weighted by atomic mass is 9.47. The van der Waals surface area contributed by atoms with Crippen molar-refractivity contribution in [1.29, 1.82) is 0 Å². The van der Waals surface area contributed by atoms with Gasteiger partial charge in [-0.1, -0.05) is 65.5 Å². The lowest BCUT2D eigenvalue weighted by molar-refractivity contribution is -0.0581. The Balaban J connectivity index is 1.28. The van der Waals surface area contributed by atoms with E-state index in [2.05, 4.69) is 50.5 Å². The summed E-state index contributed by atoms with van der Waals surface area (Å²) in [6, 6.07) is 0. The number of aliphatic hydroxyl groups excluding tert-OH is 1. The molecular formula is C33H58NO6P. The zero-order valence-corrected chi connectivity index (χ0v) is 27.3. The van der Waals surface area contributed by atoms with Crippen LogP contribution in [0.4, 0.5) is 4.79 Å². The van der Waals surface area contributed by atoms with Crippen molar-refractivity contribution in [3.8, 4) is 0 Å². The molecule has 3 fully saturated rings. The molecule has 0 radical (unpaired) electrons. The SMILES string of the molecule is CC(C)CCC[C@@H](C)[C@H]1CC[C@H]2[C@@H]3CC=C4C[C@@H](OC(=O)NCCC(O)CCO[PH](=O)O)CC[C@]4(C)[C@H]3CC[C@]12C. The Morgan fingerprint density at radius 1 is 1.07 bits per heavy atom. The van der Waals surface area contributed by atoms with Gasteiger partial charge >= 0.3 is 14.3 Å². The number of alkyl carbamates (subject to hydrolysis) is 1. The second-order valence-corrected chi connectivity index (χ2v) is 15.7. The molecule has 0 aliphatic heterocycles. The Morgan fingerprint density at radius 2 is 1.85 bits per heavy atom. The molecule has 3 N–H and O–H groups in total. The normalized spacial score (nSPS) is 36.9. The molecule has 0 saturated heterocycles. The van der Waals surface area contributed by atoms with Crippen LogP contribution in [0, 0.1) is 46.3 Å². The smallest absolute Gasteiger partial charge is 0.407 e. The van der Waals surface area contributed by atoms with E-state index in [4.69, 9.17) is 9.63 Å². The van der Waals surface area contributed by atoms with Gasteiger partial charge in [-0.2, -0.15) is 0 Å². The highest BCUT2D eigenvalue weighted by Gasteiger charge is 2.59. The second kappa shape index (κ2) is 14.3. The van der Waals surface area contributed by atoms with E-state index in [1.165, 1.54) is 56.9 Å². The molecule has 0 aromatic rings. The summed E-state index contributed by atoms with van der Waals surface area (Å²) in [5, 5.41) is 12.7. The highest BCUT2D eigenvalue weighted by atomic mass is 31.1. The fraction of sp³-hybridized carbons (Fsp3) is 0.909. The first-order chi connectivity index (χ1) is 19.4. The third kappa shape index (κ3) is 7.80. The van der Waals surface area contributed by atoms with Gasteiger partial charge < -0.3 is 24.6 Å². The lowest BCUT2D eigenvalue weighted by Gasteiger charge is -2.58. The van der Waals surface area contributed by atoms with E-state index in [0.717, 1.165) is 54.8 Å². The number of fused-ring (bicyclic) bond motifs is 5. The molecule has 4 aliphatic rings. The summed E-state index contributed by atoms with van der Waals surface area (Å²) in [5.74, 6) is 4.92. The van der Waals surface area contributed by atoms with E-state index < -0.39 is 20.5 Å². The lowest BCUT2D eigenvalue weighted by Crippen LogP contribution is -2.51. The first-order valence-electron chi connectivity index (χ1n) is 16.6. The van der Waals surface area contributed by atoms with E-state index in [0.29, 0.717) is 18.4 Å². The molecule has 2 unspecified atom stereocenters. The van der Waals surface area contributed by atoms with Crippen molar-refractivity contribution in [2.75, 3.05) is 13.2 Å². The zero-order chi connectivity index (χ0) is 29.8. The van der Waals surface area contributed by atoms with Crippen LogP contribution in [0.15, 0.2) is 11.6 Å². The van der Waals surface area contributed by atoms with Crippen molar-refractivity contribution in [2.24, 2.45) is 46.3 Å². The van der Waals surface area contributed by atoms with Gasteiger partial charge in [0.15, 0.2) is 0 Å². The van der Waals surface area contributed by atoms with E-state index in [-0.39, 0.29) is 24.5 Å². The highest BCUT2D eigenvalue weighted by Crippen LogP contribution is 2.67. The van der Waals surface area contributed by atoms with Gasteiger partial charge in [0.25, 0.3) is 0 Å². The van der Waals surface area contributed by atoms with Crippen LogP contribution in [0.3, 0.4) is 0 Å². The van der Waals surface area contributed by atoms with Crippen LogP contribution in [-0.4, -0.2) is 41.5 Å². The Labute approximate surface area is 249 Å². The van der Waals surface area contributed by atoms with Crippen molar-refractivity contribution in [2.45, 2.75) is 130 Å². The molecule has 3 saturated carbocycles. The van der Waals surface area contributed by atoms with Gasteiger partial charge in [-0.15, -0.1) is 0 Å². The van der Waals surface area contributed by atoms with Crippen LogP contribution < -0.4 is 5.32 Å². The van der Waals surface area contributed by atoms with Gasteiger partial charge in [0.2, 0.25) is 0 Å². The second-order valence-electron chi connectivity index (χ2n) is 14.8. The molecule has 1 amide bonds. The Kier molecular flexibility index (Phi) is 11.5. The van der Waals surface area contributed by atoms with Crippen LogP contribution in [0.5, 0.6) is 0 Å². The van der Waals surface area contributed by atoms with E-state index in [9.17, 15) is 14.5 Å². The van der Waals surface area contributed by atoms with Crippen molar-refractivity contribution in [3.05, 3.63) is 11.6 Å². The topological polar surface area (TPSA) is 105 Å². The molecule has 0 spiro atoms. The summed E-state index contributed by atoms with van der Waals surface area (Å²) < 4.78 is 21.0. The summed E-state index contributed by atoms with van der Waals surface area (Å²) >= 11 is 0. The molecule has 0 bridgehead atoms. The van der Waals surface area contributed by atoms with E-state index in [1.807, 2.05) is 0 Å². The quantitative estimate of drug-likeness (QED) is 0.149. The number of ether oxygens (including phenoxy) is 1. The zero-order valence-electron chi connectivity index (χ0n) is 26.3. The first kappa shape index (κ1) is 33.0. The third-order valence-corrected chi connectivity index (χ3v) is 12.4. The van der Waals surface area contributed by atoms with Crippen LogP contribution in [-0.2, 0) is 13.8 Å². The van der Waals surface area contributed by atoms with Gasteiger partial charge in [-0.25, -0.2) is 4.79 Å². The maximum atomic E-state index is 12.5. The Bertz CT molecular complexity index is 941.